The average molecular weight is 250 g/mol. The molecule has 0 aliphatic heterocycles. The molecule has 0 heterocycles. The fourth-order valence-electron chi connectivity index (χ4n) is 1.91. The van der Waals surface area contributed by atoms with E-state index >= 15 is 0 Å². The normalized spacial score (nSPS) is 12.5. The molecule has 0 spiro atoms. The Labute approximate surface area is 114 Å². The van der Waals surface area contributed by atoms with Gasteiger partial charge in [-0.2, -0.15) is 0 Å². The average Bonchev–Trinajstić information content (AvgIpc) is 2.43. The predicted octanol–water partition coefficient (Wildman–Crippen LogP) is 4.68. The van der Waals surface area contributed by atoms with Crippen LogP contribution >= 0.6 is 0 Å². The second kappa shape index (κ2) is 6.05. The van der Waals surface area contributed by atoms with Gasteiger partial charge >= 0.3 is 0 Å². The fraction of sp³-hybridized carbons (Fsp3) is 0.111. The molecule has 2 aromatic rings. The highest BCUT2D eigenvalue weighted by Gasteiger charge is 2.02. The van der Waals surface area contributed by atoms with Crippen molar-refractivity contribution in [3.63, 3.8) is 0 Å². The highest BCUT2D eigenvalue weighted by molar-refractivity contribution is 5.52. The molecule has 1 heteroatoms. The quantitative estimate of drug-likeness (QED) is 0.781. The van der Waals surface area contributed by atoms with Crippen LogP contribution in [0.4, 0.5) is 0 Å². The van der Waals surface area contributed by atoms with Crippen LogP contribution in [0, 0.1) is 6.92 Å². The van der Waals surface area contributed by atoms with E-state index in [0.29, 0.717) is 0 Å². The number of aryl methyl sites for hydroxylation is 1. The van der Waals surface area contributed by atoms with Crippen molar-refractivity contribution in [1.29, 1.82) is 0 Å². The van der Waals surface area contributed by atoms with Gasteiger partial charge in [0, 0.05) is 5.92 Å². The van der Waals surface area contributed by atoms with Gasteiger partial charge in [0.1, 0.15) is 5.75 Å². The maximum atomic E-state index is 9.24. The van der Waals surface area contributed by atoms with Crippen molar-refractivity contribution in [3.05, 3.63) is 84.0 Å². The number of benzene rings is 2. The fourth-order valence-corrected chi connectivity index (χ4v) is 1.91. The Hall–Kier alpha value is -2.28. The van der Waals surface area contributed by atoms with Gasteiger partial charge in [0.15, 0.2) is 0 Å². The van der Waals surface area contributed by atoms with Crippen molar-refractivity contribution in [2.24, 2.45) is 0 Å². The molecule has 1 N–H and O–H groups in total. The largest absolute Gasteiger partial charge is 0.508 e. The van der Waals surface area contributed by atoms with Gasteiger partial charge in [0.25, 0.3) is 0 Å². The summed E-state index contributed by atoms with van der Waals surface area (Å²) in [5.74, 6) is 0.491. The van der Waals surface area contributed by atoms with E-state index in [2.05, 4.69) is 43.8 Å². The van der Waals surface area contributed by atoms with E-state index in [1.54, 1.807) is 12.1 Å². The third kappa shape index (κ3) is 3.59. The van der Waals surface area contributed by atoms with E-state index in [-0.39, 0.29) is 11.7 Å². The molecule has 1 unspecified atom stereocenters. The van der Waals surface area contributed by atoms with Crippen molar-refractivity contribution in [2.75, 3.05) is 0 Å². The number of allylic oxidation sites excluding steroid dienone is 2. The van der Waals surface area contributed by atoms with E-state index in [0.717, 1.165) is 5.56 Å². The van der Waals surface area contributed by atoms with Crippen molar-refractivity contribution in [1.82, 2.24) is 0 Å². The molecule has 0 aromatic heterocycles. The second-order valence-electron chi connectivity index (χ2n) is 4.62. The van der Waals surface area contributed by atoms with Crippen molar-refractivity contribution < 1.29 is 5.11 Å². The molecule has 0 bridgehead atoms. The summed E-state index contributed by atoms with van der Waals surface area (Å²) in [6, 6.07) is 15.6. The van der Waals surface area contributed by atoms with E-state index in [1.165, 1.54) is 11.1 Å². The van der Waals surface area contributed by atoms with Gasteiger partial charge in [-0.05, 0) is 30.2 Å². The molecule has 96 valence electrons. The second-order valence-corrected chi connectivity index (χ2v) is 4.62. The number of hydrogen-bond acceptors (Lipinski definition) is 1. The molecule has 0 saturated heterocycles. The van der Waals surface area contributed by atoms with Gasteiger partial charge in [-0.1, -0.05) is 60.2 Å². The number of hydrogen-bond donors (Lipinski definition) is 1. The van der Waals surface area contributed by atoms with Gasteiger partial charge < -0.3 is 5.11 Å². The molecule has 0 aliphatic carbocycles. The van der Waals surface area contributed by atoms with Crippen LogP contribution in [0.15, 0.2) is 67.3 Å². The topological polar surface area (TPSA) is 20.2 Å². The molecule has 0 amide bonds. The molecule has 0 saturated carbocycles. The lowest BCUT2D eigenvalue weighted by Crippen LogP contribution is -1.90. The molecule has 1 nitrogen and oxygen atoms in total. The molecular weight excluding hydrogens is 232 g/mol. The highest BCUT2D eigenvalue weighted by Crippen LogP contribution is 2.21. The smallest absolute Gasteiger partial charge is 0.115 e. The summed E-state index contributed by atoms with van der Waals surface area (Å²) in [6.45, 7) is 5.98. The van der Waals surface area contributed by atoms with Crippen LogP contribution in [0.3, 0.4) is 0 Å². The first-order chi connectivity index (χ1) is 9.19. The van der Waals surface area contributed by atoms with Crippen LogP contribution in [0.1, 0.15) is 22.6 Å². The summed E-state index contributed by atoms with van der Waals surface area (Å²) >= 11 is 0. The number of rotatable bonds is 4. The number of aromatic hydroxyl groups is 1. The SMILES string of the molecule is C=CC(/C=C\c1ccc(O)cc1)c1ccc(C)cc1. The van der Waals surface area contributed by atoms with Gasteiger partial charge in [0.2, 0.25) is 0 Å². The highest BCUT2D eigenvalue weighted by atomic mass is 16.3. The van der Waals surface area contributed by atoms with Crippen LogP contribution in [0.25, 0.3) is 6.08 Å². The third-order valence-corrected chi connectivity index (χ3v) is 3.11. The lowest BCUT2D eigenvalue weighted by Gasteiger charge is -2.08. The van der Waals surface area contributed by atoms with Crippen LogP contribution < -0.4 is 0 Å². The first kappa shape index (κ1) is 13.2. The third-order valence-electron chi connectivity index (χ3n) is 3.11. The first-order valence-electron chi connectivity index (χ1n) is 6.35. The Morgan fingerprint density at radius 2 is 1.63 bits per heavy atom. The Kier molecular flexibility index (Phi) is 4.19. The monoisotopic (exact) mass is 250 g/mol. The molecule has 19 heavy (non-hydrogen) atoms. The molecule has 0 radical (unpaired) electrons. The molecule has 1 atom stereocenters. The Morgan fingerprint density at radius 3 is 2.21 bits per heavy atom. The summed E-state index contributed by atoms with van der Waals surface area (Å²) < 4.78 is 0. The maximum Gasteiger partial charge on any atom is 0.115 e. The molecular formula is C18H18O. The van der Waals surface area contributed by atoms with E-state index < -0.39 is 0 Å². The minimum Gasteiger partial charge on any atom is -0.508 e. The molecule has 2 rings (SSSR count). The summed E-state index contributed by atoms with van der Waals surface area (Å²) in [6.07, 6.45) is 6.09. The van der Waals surface area contributed by atoms with Gasteiger partial charge in [-0.3, -0.25) is 0 Å². The summed E-state index contributed by atoms with van der Waals surface area (Å²) in [4.78, 5) is 0. The van der Waals surface area contributed by atoms with E-state index in [4.69, 9.17) is 0 Å². The van der Waals surface area contributed by atoms with Crippen molar-refractivity contribution in [3.8, 4) is 5.75 Å². The van der Waals surface area contributed by atoms with Gasteiger partial charge in [-0.15, -0.1) is 6.58 Å². The first-order valence-corrected chi connectivity index (χ1v) is 6.35. The van der Waals surface area contributed by atoms with E-state index in [1.807, 2.05) is 24.3 Å². The van der Waals surface area contributed by atoms with Crippen LogP contribution in [0.2, 0.25) is 0 Å². The maximum absolute atomic E-state index is 9.24. The minimum atomic E-state index is 0.203. The zero-order valence-corrected chi connectivity index (χ0v) is 11.1. The Morgan fingerprint density at radius 1 is 1.00 bits per heavy atom. The predicted molar refractivity (Wildman–Crippen MR) is 81.3 cm³/mol. The minimum absolute atomic E-state index is 0.203. The number of phenols is 1. The molecule has 0 aliphatic rings. The Bertz CT molecular complexity index is 562. The standard InChI is InChI=1S/C18H18O/c1-3-16(17-9-4-14(2)5-10-17)11-6-15-7-12-18(19)13-8-15/h3-13,16,19H,1H2,2H3/b11-6-. The zero-order chi connectivity index (χ0) is 13.7. The summed E-state index contributed by atoms with van der Waals surface area (Å²) in [5.41, 5.74) is 3.56. The van der Waals surface area contributed by atoms with Crippen LogP contribution in [-0.4, -0.2) is 5.11 Å². The number of phenolic OH excluding ortho intramolecular Hbond substituents is 1. The van der Waals surface area contributed by atoms with Gasteiger partial charge in [-0.25, -0.2) is 0 Å². The molecule has 0 fully saturated rings. The van der Waals surface area contributed by atoms with E-state index in [9.17, 15) is 5.11 Å². The summed E-state index contributed by atoms with van der Waals surface area (Å²) in [5, 5.41) is 9.24. The molecule has 2 aromatic carbocycles. The van der Waals surface area contributed by atoms with Crippen LogP contribution in [0.5, 0.6) is 5.75 Å². The van der Waals surface area contributed by atoms with Gasteiger partial charge in [0.05, 0.1) is 0 Å². The summed E-state index contributed by atoms with van der Waals surface area (Å²) in [7, 11) is 0. The Balaban J connectivity index is 2.17. The zero-order valence-electron chi connectivity index (χ0n) is 11.1. The lowest BCUT2D eigenvalue weighted by atomic mass is 9.97. The van der Waals surface area contributed by atoms with Crippen molar-refractivity contribution in [2.45, 2.75) is 12.8 Å². The lowest BCUT2D eigenvalue weighted by molar-refractivity contribution is 0.475. The van der Waals surface area contributed by atoms with Crippen LogP contribution in [-0.2, 0) is 0 Å². The van der Waals surface area contributed by atoms with Crippen molar-refractivity contribution >= 4 is 6.08 Å².